The maximum atomic E-state index is 13.2. The average Bonchev–Trinajstić information content (AvgIpc) is 3.11. The molecule has 0 bridgehead atoms. The van der Waals surface area contributed by atoms with Crippen LogP contribution in [0.2, 0.25) is 0 Å². The number of carbonyl (C=O) groups excluding carboxylic acids is 2. The normalized spacial score (nSPS) is 19.6. The van der Waals surface area contributed by atoms with Crippen LogP contribution in [0, 0.1) is 5.41 Å². The highest BCUT2D eigenvalue weighted by Gasteiger charge is 2.48. The summed E-state index contributed by atoms with van der Waals surface area (Å²) in [6.07, 6.45) is -0.557. The van der Waals surface area contributed by atoms with E-state index in [0.29, 0.717) is 45.0 Å². The number of amides is 3. The standard InChI is InChI=1S/C21H27F3N6O2/c1-20(2,21(22,23)24)14-28-9-7-27(8-10-28)13-15-3-6-30-16(11-15)17(12-25-30)29-5-4-18(31)26-19(29)32/h3,6,11-12H,4-5,7-10,13-14H2,1-2H3,(H,26,31,32). The highest BCUT2D eigenvalue weighted by atomic mass is 19.4. The lowest BCUT2D eigenvalue weighted by Crippen LogP contribution is -2.51. The van der Waals surface area contributed by atoms with Crippen LogP contribution in [0.1, 0.15) is 25.8 Å². The molecule has 0 unspecified atom stereocenters. The molecule has 2 aliphatic heterocycles. The van der Waals surface area contributed by atoms with E-state index in [4.69, 9.17) is 0 Å². The van der Waals surface area contributed by atoms with Gasteiger partial charge in [-0.2, -0.15) is 18.3 Å². The van der Waals surface area contributed by atoms with E-state index in [2.05, 4.69) is 15.3 Å². The number of halogens is 3. The Morgan fingerprint density at radius 1 is 1.06 bits per heavy atom. The third-order valence-electron chi connectivity index (χ3n) is 6.17. The van der Waals surface area contributed by atoms with Crippen molar-refractivity contribution >= 4 is 23.1 Å². The van der Waals surface area contributed by atoms with Gasteiger partial charge in [0.1, 0.15) is 0 Å². The first-order valence-corrected chi connectivity index (χ1v) is 10.6. The zero-order chi connectivity index (χ0) is 23.1. The number of aromatic nitrogens is 2. The van der Waals surface area contributed by atoms with Crippen LogP contribution in [0.3, 0.4) is 0 Å². The fourth-order valence-electron chi connectivity index (χ4n) is 4.12. The topological polar surface area (TPSA) is 73.2 Å². The molecule has 0 radical (unpaired) electrons. The quantitative estimate of drug-likeness (QED) is 0.755. The van der Waals surface area contributed by atoms with Crippen LogP contribution < -0.4 is 10.2 Å². The zero-order valence-corrected chi connectivity index (χ0v) is 18.2. The van der Waals surface area contributed by atoms with Crippen LogP contribution in [0.4, 0.5) is 23.7 Å². The third-order valence-corrected chi connectivity index (χ3v) is 6.17. The monoisotopic (exact) mass is 452 g/mol. The molecule has 0 spiro atoms. The number of rotatable bonds is 5. The second-order valence-corrected chi connectivity index (χ2v) is 9.08. The predicted molar refractivity (Wildman–Crippen MR) is 112 cm³/mol. The first-order valence-electron chi connectivity index (χ1n) is 10.6. The van der Waals surface area contributed by atoms with Crippen molar-refractivity contribution in [2.75, 3.05) is 44.2 Å². The fraction of sp³-hybridized carbons (Fsp3) is 0.571. The number of carbonyl (C=O) groups is 2. The lowest BCUT2D eigenvalue weighted by Gasteiger charge is -2.39. The van der Waals surface area contributed by atoms with Crippen LogP contribution >= 0.6 is 0 Å². The van der Waals surface area contributed by atoms with Crippen molar-refractivity contribution in [3.63, 3.8) is 0 Å². The molecule has 32 heavy (non-hydrogen) atoms. The van der Waals surface area contributed by atoms with Crippen LogP contribution in [-0.2, 0) is 11.3 Å². The summed E-state index contributed by atoms with van der Waals surface area (Å²) in [4.78, 5) is 29.2. The molecule has 2 aromatic rings. The first kappa shape index (κ1) is 22.5. The smallest absolute Gasteiger partial charge is 0.300 e. The van der Waals surface area contributed by atoms with Crippen molar-refractivity contribution in [3.8, 4) is 0 Å². The molecule has 2 fully saturated rings. The van der Waals surface area contributed by atoms with Crippen LogP contribution in [0.5, 0.6) is 0 Å². The van der Waals surface area contributed by atoms with Crippen LogP contribution in [0.15, 0.2) is 24.5 Å². The molecule has 0 atom stereocenters. The molecule has 0 aliphatic carbocycles. The van der Waals surface area contributed by atoms with Crippen molar-refractivity contribution in [3.05, 3.63) is 30.1 Å². The van der Waals surface area contributed by atoms with Crippen molar-refractivity contribution in [1.82, 2.24) is 24.7 Å². The second kappa shape index (κ2) is 8.36. The van der Waals surface area contributed by atoms with Crippen LogP contribution in [-0.4, -0.2) is 76.8 Å². The van der Waals surface area contributed by atoms with Gasteiger partial charge < -0.3 is 0 Å². The Labute approximate surface area is 183 Å². The van der Waals surface area contributed by atoms with E-state index < -0.39 is 17.6 Å². The van der Waals surface area contributed by atoms with Gasteiger partial charge in [0.15, 0.2) is 0 Å². The zero-order valence-electron chi connectivity index (χ0n) is 18.2. The van der Waals surface area contributed by atoms with Gasteiger partial charge in [0, 0.05) is 58.4 Å². The number of nitrogens with zero attached hydrogens (tertiary/aromatic N) is 5. The van der Waals surface area contributed by atoms with Gasteiger partial charge in [0.25, 0.3) is 0 Å². The summed E-state index contributed by atoms with van der Waals surface area (Å²) in [7, 11) is 0. The molecule has 174 valence electrons. The molecule has 8 nitrogen and oxygen atoms in total. The number of pyridine rings is 1. The van der Waals surface area contributed by atoms with Crippen molar-refractivity contribution in [2.24, 2.45) is 5.41 Å². The van der Waals surface area contributed by atoms with E-state index in [0.717, 1.165) is 11.1 Å². The molecule has 1 N–H and O–H groups in total. The van der Waals surface area contributed by atoms with Gasteiger partial charge in [0.05, 0.1) is 22.8 Å². The number of nitrogens with one attached hydrogen (secondary N) is 1. The predicted octanol–water partition coefficient (Wildman–Crippen LogP) is 2.49. The van der Waals surface area contributed by atoms with E-state index in [1.807, 2.05) is 23.2 Å². The molecule has 0 aromatic carbocycles. The highest BCUT2D eigenvalue weighted by molar-refractivity contribution is 6.07. The second-order valence-electron chi connectivity index (χ2n) is 9.08. The SMILES string of the molecule is CC(C)(CN1CCN(Cc2ccn3ncc(N4CCC(=O)NC4=O)c3c2)CC1)C(F)(F)F. The molecule has 4 rings (SSSR count). The molecule has 3 amide bonds. The van der Waals surface area contributed by atoms with Gasteiger partial charge in [-0.1, -0.05) is 0 Å². The number of alkyl halides is 3. The molecular formula is C21H27F3N6O2. The van der Waals surface area contributed by atoms with E-state index in [-0.39, 0.29) is 18.9 Å². The molecule has 2 aliphatic rings. The maximum Gasteiger partial charge on any atom is 0.395 e. The Morgan fingerprint density at radius 3 is 2.41 bits per heavy atom. The van der Waals surface area contributed by atoms with E-state index >= 15 is 0 Å². The Kier molecular flexibility index (Phi) is 5.89. The number of hydrogen-bond donors (Lipinski definition) is 1. The first-order chi connectivity index (χ1) is 15.0. The summed E-state index contributed by atoms with van der Waals surface area (Å²) in [5.74, 6) is -0.291. The average molecular weight is 452 g/mol. The molecule has 2 saturated heterocycles. The molecule has 2 aromatic heterocycles. The Hall–Kier alpha value is -2.66. The molecule has 4 heterocycles. The Morgan fingerprint density at radius 2 is 1.75 bits per heavy atom. The van der Waals surface area contributed by atoms with Crippen molar-refractivity contribution in [2.45, 2.75) is 33.0 Å². The summed E-state index contributed by atoms with van der Waals surface area (Å²) < 4.78 is 41.2. The summed E-state index contributed by atoms with van der Waals surface area (Å²) in [6, 6.07) is 3.45. The number of anilines is 1. The molecule has 11 heteroatoms. The van der Waals surface area contributed by atoms with Gasteiger partial charge >= 0.3 is 12.2 Å². The fourth-order valence-corrected chi connectivity index (χ4v) is 4.12. The van der Waals surface area contributed by atoms with Gasteiger partial charge in [0.2, 0.25) is 5.91 Å². The minimum atomic E-state index is -4.22. The van der Waals surface area contributed by atoms with Gasteiger partial charge in [-0.15, -0.1) is 0 Å². The minimum Gasteiger partial charge on any atom is -0.300 e. The highest BCUT2D eigenvalue weighted by Crippen LogP contribution is 2.38. The third kappa shape index (κ3) is 4.58. The van der Waals surface area contributed by atoms with E-state index in [1.165, 1.54) is 18.7 Å². The van der Waals surface area contributed by atoms with Crippen molar-refractivity contribution < 1.29 is 22.8 Å². The number of hydrogen-bond acceptors (Lipinski definition) is 5. The number of piperazine rings is 1. The van der Waals surface area contributed by atoms with Crippen LogP contribution in [0.25, 0.3) is 5.52 Å². The van der Waals surface area contributed by atoms with Gasteiger partial charge in [-0.3, -0.25) is 24.8 Å². The maximum absolute atomic E-state index is 13.2. The summed E-state index contributed by atoms with van der Waals surface area (Å²) in [5, 5.41) is 6.62. The summed E-state index contributed by atoms with van der Waals surface area (Å²) in [5.41, 5.74) is 0.690. The van der Waals surface area contributed by atoms with Gasteiger partial charge in [-0.05, 0) is 31.5 Å². The minimum absolute atomic E-state index is 0.00408. The lowest BCUT2D eigenvalue weighted by atomic mass is 9.91. The lowest BCUT2D eigenvalue weighted by molar-refractivity contribution is -0.217. The van der Waals surface area contributed by atoms with Crippen molar-refractivity contribution in [1.29, 1.82) is 0 Å². The van der Waals surface area contributed by atoms with E-state index in [1.54, 1.807) is 10.7 Å². The largest absolute Gasteiger partial charge is 0.395 e. The molecule has 0 saturated carbocycles. The summed E-state index contributed by atoms with van der Waals surface area (Å²) in [6.45, 7) is 5.98. The number of imide groups is 1. The number of fused-ring (bicyclic) bond motifs is 1. The summed E-state index contributed by atoms with van der Waals surface area (Å²) >= 11 is 0. The van der Waals surface area contributed by atoms with E-state index in [9.17, 15) is 22.8 Å². The Balaban J connectivity index is 1.40. The number of urea groups is 1. The Bertz CT molecular complexity index is 1010. The van der Waals surface area contributed by atoms with Gasteiger partial charge in [-0.25, -0.2) is 9.31 Å². The molecular weight excluding hydrogens is 425 g/mol.